The van der Waals surface area contributed by atoms with Gasteiger partial charge in [-0.2, -0.15) is 0 Å². The molecule has 0 unspecified atom stereocenters. The second-order valence-corrected chi connectivity index (χ2v) is 3.24. The Morgan fingerprint density at radius 1 is 1.79 bits per heavy atom. The van der Waals surface area contributed by atoms with Crippen LogP contribution in [0.3, 0.4) is 0 Å². The second-order valence-electron chi connectivity index (χ2n) is 3.24. The predicted molar refractivity (Wildman–Crippen MR) is 52.3 cm³/mol. The number of methoxy groups -OCH3 is 1. The fourth-order valence-electron chi connectivity index (χ4n) is 1.42. The maximum atomic E-state index is 10.6. The minimum atomic E-state index is -0.751. The molecule has 1 atom stereocenters. The van der Waals surface area contributed by atoms with Crippen molar-refractivity contribution in [2.45, 2.75) is 31.8 Å². The van der Waals surface area contributed by atoms with E-state index in [2.05, 4.69) is 22.7 Å². The first-order valence-electron chi connectivity index (χ1n) is 4.68. The molecule has 0 aliphatic heterocycles. The van der Waals surface area contributed by atoms with Crippen molar-refractivity contribution in [2.24, 2.45) is 0 Å². The Labute approximate surface area is 83.8 Å². The molecule has 1 aliphatic rings. The topological polar surface area (TPSA) is 46.5 Å². The van der Waals surface area contributed by atoms with Crippen LogP contribution >= 0.6 is 0 Å². The summed E-state index contributed by atoms with van der Waals surface area (Å²) in [5.74, 6) is 4.06. The van der Waals surface area contributed by atoms with Crippen molar-refractivity contribution >= 4 is 5.97 Å². The van der Waals surface area contributed by atoms with Gasteiger partial charge in [-0.1, -0.05) is 17.6 Å². The number of ether oxygens (including phenoxy) is 1. The first-order valence-corrected chi connectivity index (χ1v) is 4.68. The smallest absolute Gasteiger partial charge is 0.384 e. The minimum Gasteiger partial charge on any atom is -0.459 e. The highest BCUT2D eigenvalue weighted by Gasteiger charge is 2.08. The summed E-state index contributed by atoms with van der Waals surface area (Å²) in [6.07, 6.45) is 5.21. The van der Waals surface area contributed by atoms with Crippen LogP contribution in [0.25, 0.3) is 0 Å². The standard InChI is InChI=1S/C11H14O3/c1-14-11(13)7-6-10(12)8-9-4-2-3-5-9/h4,10,12H,2-3,5,8H2,1H3/t10-/m0/s1. The van der Waals surface area contributed by atoms with Crippen LogP contribution in [-0.2, 0) is 9.53 Å². The van der Waals surface area contributed by atoms with E-state index in [1.54, 1.807) is 0 Å². The molecular formula is C11H14O3. The van der Waals surface area contributed by atoms with Crippen molar-refractivity contribution in [3.63, 3.8) is 0 Å². The summed E-state index contributed by atoms with van der Waals surface area (Å²) in [4.78, 5) is 10.6. The molecule has 0 aromatic heterocycles. The molecule has 3 nitrogen and oxygen atoms in total. The number of allylic oxidation sites excluding steroid dienone is 1. The van der Waals surface area contributed by atoms with Gasteiger partial charge in [-0.05, 0) is 19.3 Å². The lowest BCUT2D eigenvalue weighted by Crippen LogP contribution is -2.05. The summed E-state index contributed by atoms with van der Waals surface area (Å²) in [6, 6.07) is 0. The second kappa shape index (κ2) is 5.46. The molecule has 0 amide bonds. The van der Waals surface area contributed by atoms with Gasteiger partial charge in [0, 0.05) is 12.3 Å². The Hall–Kier alpha value is -1.27. The van der Waals surface area contributed by atoms with Crippen molar-refractivity contribution < 1.29 is 14.6 Å². The lowest BCUT2D eigenvalue weighted by atomic mass is 10.1. The molecule has 1 N–H and O–H groups in total. The molecule has 0 bridgehead atoms. The monoisotopic (exact) mass is 194 g/mol. The summed E-state index contributed by atoms with van der Waals surface area (Å²) >= 11 is 0. The summed E-state index contributed by atoms with van der Waals surface area (Å²) in [7, 11) is 1.27. The van der Waals surface area contributed by atoms with Crippen molar-refractivity contribution in [3.05, 3.63) is 11.6 Å². The van der Waals surface area contributed by atoms with E-state index in [0.717, 1.165) is 19.3 Å². The third kappa shape index (κ3) is 3.63. The Morgan fingerprint density at radius 2 is 2.57 bits per heavy atom. The maximum Gasteiger partial charge on any atom is 0.384 e. The van der Waals surface area contributed by atoms with Crippen molar-refractivity contribution in [1.82, 2.24) is 0 Å². The van der Waals surface area contributed by atoms with Gasteiger partial charge in [0.05, 0.1) is 7.11 Å². The average Bonchev–Trinajstić information content (AvgIpc) is 2.66. The van der Waals surface area contributed by atoms with Crippen LogP contribution in [0.15, 0.2) is 11.6 Å². The Morgan fingerprint density at radius 3 is 3.14 bits per heavy atom. The third-order valence-corrected chi connectivity index (χ3v) is 2.12. The molecule has 0 aromatic rings. The van der Waals surface area contributed by atoms with Gasteiger partial charge in [-0.15, -0.1) is 0 Å². The lowest BCUT2D eigenvalue weighted by Gasteiger charge is -2.02. The normalized spacial score (nSPS) is 16.6. The fraction of sp³-hybridized carbons (Fsp3) is 0.545. The zero-order valence-corrected chi connectivity index (χ0v) is 8.25. The average molecular weight is 194 g/mol. The van der Waals surface area contributed by atoms with Gasteiger partial charge in [-0.25, -0.2) is 4.79 Å². The van der Waals surface area contributed by atoms with Crippen molar-refractivity contribution in [2.75, 3.05) is 7.11 Å². The van der Waals surface area contributed by atoms with Crippen LogP contribution in [0, 0.1) is 11.8 Å². The largest absolute Gasteiger partial charge is 0.459 e. The van der Waals surface area contributed by atoms with Gasteiger partial charge in [-0.3, -0.25) is 0 Å². The Bertz CT molecular complexity index is 293. The van der Waals surface area contributed by atoms with E-state index in [-0.39, 0.29) is 0 Å². The summed E-state index contributed by atoms with van der Waals surface area (Å²) in [5.41, 5.74) is 1.23. The van der Waals surface area contributed by atoms with E-state index in [9.17, 15) is 9.90 Å². The molecule has 0 radical (unpaired) electrons. The van der Waals surface area contributed by atoms with Gasteiger partial charge in [0.2, 0.25) is 0 Å². The minimum absolute atomic E-state index is 0.546. The van der Waals surface area contributed by atoms with E-state index in [4.69, 9.17) is 0 Å². The molecule has 0 fully saturated rings. The molecular weight excluding hydrogens is 180 g/mol. The van der Waals surface area contributed by atoms with Crippen molar-refractivity contribution in [1.29, 1.82) is 0 Å². The number of carbonyl (C=O) groups excluding carboxylic acids is 1. The molecule has 0 aromatic carbocycles. The molecule has 1 aliphatic carbocycles. The SMILES string of the molecule is COC(=O)C#C[C@H](O)CC1=CCCC1. The van der Waals surface area contributed by atoms with Gasteiger partial charge in [0.15, 0.2) is 0 Å². The Balaban J connectivity index is 2.36. The number of esters is 1. The highest BCUT2D eigenvalue weighted by atomic mass is 16.5. The maximum absolute atomic E-state index is 10.6. The molecule has 0 saturated carbocycles. The van der Waals surface area contributed by atoms with Gasteiger partial charge >= 0.3 is 5.97 Å². The van der Waals surface area contributed by atoms with Crippen LogP contribution in [0.1, 0.15) is 25.7 Å². The third-order valence-electron chi connectivity index (χ3n) is 2.12. The molecule has 0 saturated heterocycles. The van der Waals surface area contributed by atoms with Crippen LogP contribution in [0.4, 0.5) is 0 Å². The Kier molecular flexibility index (Phi) is 4.21. The van der Waals surface area contributed by atoms with E-state index in [0.29, 0.717) is 6.42 Å². The van der Waals surface area contributed by atoms with Gasteiger partial charge in [0.25, 0.3) is 0 Å². The molecule has 14 heavy (non-hydrogen) atoms. The first-order chi connectivity index (χ1) is 6.72. The lowest BCUT2D eigenvalue weighted by molar-refractivity contribution is -0.133. The van der Waals surface area contributed by atoms with Gasteiger partial charge < -0.3 is 9.84 Å². The van der Waals surface area contributed by atoms with Crippen LogP contribution < -0.4 is 0 Å². The number of rotatable bonds is 2. The number of aliphatic hydroxyl groups excluding tert-OH is 1. The van der Waals surface area contributed by atoms with Crippen molar-refractivity contribution in [3.8, 4) is 11.8 Å². The summed E-state index contributed by atoms with van der Waals surface area (Å²) in [6.45, 7) is 0. The quantitative estimate of drug-likeness (QED) is 0.309. The fourth-order valence-corrected chi connectivity index (χ4v) is 1.42. The molecule has 0 heterocycles. The highest BCUT2D eigenvalue weighted by Crippen LogP contribution is 2.21. The zero-order valence-electron chi connectivity index (χ0n) is 8.25. The van der Waals surface area contributed by atoms with E-state index < -0.39 is 12.1 Å². The summed E-state index contributed by atoms with van der Waals surface area (Å²) < 4.78 is 4.33. The van der Waals surface area contributed by atoms with E-state index in [1.165, 1.54) is 12.7 Å². The highest BCUT2D eigenvalue weighted by molar-refractivity contribution is 5.88. The molecule has 76 valence electrons. The van der Waals surface area contributed by atoms with Gasteiger partial charge in [0.1, 0.15) is 6.10 Å². The molecule has 1 rings (SSSR count). The van der Waals surface area contributed by atoms with Crippen LogP contribution in [-0.4, -0.2) is 24.3 Å². The van der Waals surface area contributed by atoms with E-state index in [1.807, 2.05) is 0 Å². The number of hydrogen-bond donors (Lipinski definition) is 1. The molecule has 0 spiro atoms. The molecule has 3 heteroatoms. The zero-order chi connectivity index (χ0) is 10.4. The predicted octanol–water partition coefficient (Wildman–Crippen LogP) is 1.02. The van der Waals surface area contributed by atoms with Crippen LogP contribution in [0.5, 0.6) is 0 Å². The first kappa shape index (κ1) is 10.8. The van der Waals surface area contributed by atoms with Crippen LogP contribution in [0.2, 0.25) is 0 Å². The number of carbonyl (C=O) groups is 1. The summed E-state index contributed by atoms with van der Waals surface area (Å²) in [5, 5.41) is 9.43. The number of aliphatic hydroxyl groups is 1. The number of hydrogen-bond acceptors (Lipinski definition) is 3. The van der Waals surface area contributed by atoms with E-state index >= 15 is 0 Å².